The number of rotatable bonds is 5. The fourth-order valence-electron chi connectivity index (χ4n) is 3.52. The Morgan fingerprint density at radius 2 is 1.84 bits per heavy atom. The molecule has 1 saturated heterocycles. The van der Waals surface area contributed by atoms with E-state index in [1.54, 1.807) is 13.0 Å². The van der Waals surface area contributed by atoms with Crippen molar-refractivity contribution in [3.63, 3.8) is 0 Å². The van der Waals surface area contributed by atoms with Crippen molar-refractivity contribution in [2.45, 2.75) is 84.9 Å². The zero-order chi connectivity index (χ0) is 23.8. The molecular formula is C24H40O6Si. The third-order valence-corrected chi connectivity index (χ3v) is 11.2. The van der Waals surface area contributed by atoms with E-state index in [9.17, 15) is 9.59 Å². The maximum atomic E-state index is 13.2. The predicted molar refractivity (Wildman–Crippen MR) is 123 cm³/mol. The van der Waals surface area contributed by atoms with Crippen LogP contribution in [0.3, 0.4) is 0 Å². The van der Waals surface area contributed by atoms with Crippen molar-refractivity contribution < 1.29 is 28.2 Å². The summed E-state index contributed by atoms with van der Waals surface area (Å²) in [4.78, 5) is 25.2. The standard InChI is InChI=1S/C24H40O6Si/c1-16(19(25)27-8)13-18-12-11-17(15-28-31(9,10)23(5,6)7)14-24(18)20(26)29-21(30-24)22(2,3)4/h11-13,17-18,21H,14-15H2,1-10H3/b16-13-/t17-,18-,21-,24-/m0/s1. The van der Waals surface area contributed by atoms with Crippen molar-refractivity contribution >= 4 is 20.3 Å². The molecule has 176 valence electrons. The fraction of sp³-hybridized carbons (Fsp3) is 0.750. The zero-order valence-electron chi connectivity index (χ0n) is 20.8. The van der Waals surface area contributed by atoms with E-state index in [2.05, 4.69) is 39.9 Å². The highest BCUT2D eigenvalue weighted by atomic mass is 28.4. The fourth-order valence-corrected chi connectivity index (χ4v) is 4.58. The van der Waals surface area contributed by atoms with Gasteiger partial charge in [0.05, 0.1) is 7.11 Å². The van der Waals surface area contributed by atoms with Crippen LogP contribution < -0.4 is 0 Å². The lowest BCUT2D eigenvalue weighted by Crippen LogP contribution is -2.49. The van der Waals surface area contributed by atoms with E-state index in [0.717, 1.165) is 0 Å². The van der Waals surface area contributed by atoms with Gasteiger partial charge in [-0.3, -0.25) is 0 Å². The number of methoxy groups -OCH3 is 1. The molecule has 0 radical (unpaired) electrons. The summed E-state index contributed by atoms with van der Waals surface area (Å²) in [6.45, 7) is 19.2. The first-order valence-electron chi connectivity index (χ1n) is 11.0. The normalized spacial score (nSPS) is 29.9. The van der Waals surface area contributed by atoms with E-state index in [4.69, 9.17) is 18.6 Å². The Labute approximate surface area is 188 Å². The highest BCUT2D eigenvalue weighted by Gasteiger charge is 2.58. The molecule has 4 atom stereocenters. The van der Waals surface area contributed by atoms with Crippen LogP contribution in [0.5, 0.6) is 0 Å². The Balaban J connectivity index is 2.35. The number of hydrogen-bond acceptors (Lipinski definition) is 6. The van der Waals surface area contributed by atoms with Crippen LogP contribution in [0, 0.1) is 17.3 Å². The summed E-state index contributed by atoms with van der Waals surface area (Å²) in [5.74, 6) is -1.21. The van der Waals surface area contributed by atoms with Gasteiger partial charge in [-0.15, -0.1) is 0 Å². The molecule has 0 aromatic heterocycles. The topological polar surface area (TPSA) is 71.1 Å². The minimum absolute atomic E-state index is 0.0171. The molecule has 1 fully saturated rings. The third-order valence-electron chi connectivity index (χ3n) is 6.68. The van der Waals surface area contributed by atoms with E-state index in [1.165, 1.54) is 7.11 Å². The summed E-state index contributed by atoms with van der Waals surface area (Å²) in [6.07, 6.45) is 5.56. The van der Waals surface area contributed by atoms with Gasteiger partial charge in [0.15, 0.2) is 13.9 Å². The molecule has 1 spiro atoms. The molecule has 0 aromatic rings. The lowest BCUT2D eigenvalue weighted by atomic mass is 9.74. The molecule has 0 saturated carbocycles. The lowest BCUT2D eigenvalue weighted by Gasteiger charge is -2.40. The first-order valence-corrected chi connectivity index (χ1v) is 13.9. The molecule has 0 aromatic carbocycles. The van der Waals surface area contributed by atoms with Crippen molar-refractivity contribution in [1.82, 2.24) is 0 Å². The quantitative estimate of drug-likeness (QED) is 0.253. The SMILES string of the molecule is COC(=O)/C(C)=C\[C@@H]1C=C[C@H](CO[Si](C)(C)C(C)(C)C)C[C@]12O[C@@H](C(C)(C)C)OC2=O. The first kappa shape index (κ1) is 25.8. The Morgan fingerprint density at radius 1 is 1.23 bits per heavy atom. The molecule has 1 aliphatic carbocycles. The molecular weight excluding hydrogens is 412 g/mol. The van der Waals surface area contributed by atoms with Gasteiger partial charge in [-0.25, -0.2) is 9.59 Å². The van der Waals surface area contributed by atoms with Crippen molar-refractivity contribution in [3.05, 3.63) is 23.8 Å². The third kappa shape index (κ3) is 5.49. The molecule has 0 amide bonds. The number of hydrogen-bond donors (Lipinski definition) is 0. The Morgan fingerprint density at radius 3 is 2.32 bits per heavy atom. The molecule has 2 aliphatic rings. The number of esters is 2. The van der Waals surface area contributed by atoms with Crippen molar-refractivity contribution in [1.29, 1.82) is 0 Å². The second-order valence-corrected chi connectivity index (χ2v) is 16.2. The Hall–Kier alpha value is -1.44. The number of ether oxygens (including phenoxy) is 3. The van der Waals surface area contributed by atoms with Gasteiger partial charge >= 0.3 is 11.9 Å². The molecule has 2 rings (SSSR count). The van der Waals surface area contributed by atoms with Gasteiger partial charge in [-0.2, -0.15) is 0 Å². The minimum Gasteiger partial charge on any atom is -0.466 e. The average molecular weight is 453 g/mol. The van der Waals surface area contributed by atoms with Crippen LogP contribution in [-0.4, -0.2) is 45.9 Å². The summed E-state index contributed by atoms with van der Waals surface area (Å²) >= 11 is 0. The molecule has 0 N–H and O–H groups in total. The smallest absolute Gasteiger partial charge is 0.341 e. The summed E-state index contributed by atoms with van der Waals surface area (Å²) in [5, 5.41) is 0.103. The van der Waals surface area contributed by atoms with Crippen molar-refractivity contribution in [2.75, 3.05) is 13.7 Å². The van der Waals surface area contributed by atoms with Crippen LogP contribution in [0.1, 0.15) is 54.9 Å². The van der Waals surface area contributed by atoms with Gasteiger partial charge < -0.3 is 18.6 Å². The second-order valence-electron chi connectivity index (χ2n) is 11.4. The molecule has 1 aliphatic heterocycles. The van der Waals surface area contributed by atoms with Crippen LogP contribution in [0.2, 0.25) is 18.1 Å². The molecule has 1 heterocycles. The summed E-state index contributed by atoms with van der Waals surface area (Å²) in [5.41, 5.74) is -1.11. The minimum atomic E-state index is -1.93. The van der Waals surface area contributed by atoms with Crippen LogP contribution in [0.25, 0.3) is 0 Å². The first-order chi connectivity index (χ1) is 14.0. The summed E-state index contributed by atoms with van der Waals surface area (Å²) in [6, 6.07) is 0. The van der Waals surface area contributed by atoms with Gasteiger partial charge in [0.25, 0.3) is 0 Å². The molecule has 0 unspecified atom stereocenters. The number of carbonyl (C=O) groups excluding carboxylic acids is 2. The van der Waals surface area contributed by atoms with Gasteiger partial charge in [0.1, 0.15) is 0 Å². The lowest BCUT2D eigenvalue weighted by molar-refractivity contribution is -0.159. The molecule has 6 nitrogen and oxygen atoms in total. The predicted octanol–water partition coefficient (Wildman–Crippen LogP) is 5.00. The molecule has 0 bridgehead atoms. The Bertz CT molecular complexity index is 755. The molecule has 31 heavy (non-hydrogen) atoms. The van der Waals surface area contributed by atoms with E-state index >= 15 is 0 Å². The van der Waals surface area contributed by atoms with Gasteiger partial charge in [0.2, 0.25) is 6.29 Å². The molecule has 7 heteroatoms. The zero-order valence-corrected chi connectivity index (χ0v) is 21.8. The van der Waals surface area contributed by atoms with E-state index in [-0.39, 0.29) is 22.3 Å². The van der Waals surface area contributed by atoms with Gasteiger partial charge in [-0.05, 0) is 31.5 Å². The monoisotopic (exact) mass is 452 g/mol. The van der Waals surface area contributed by atoms with Crippen LogP contribution in [-0.2, 0) is 28.2 Å². The van der Waals surface area contributed by atoms with Crippen molar-refractivity contribution in [2.24, 2.45) is 17.3 Å². The highest BCUT2D eigenvalue weighted by Crippen LogP contribution is 2.46. The van der Waals surface area contributed by atoms with Crippen molar-refractivity contribution in [3.8, 4) is 0 Å². The largest absolute Gasteiger partial charge is 0.466 e. The maximum Gasteiger partial charge on any atom is 0.341 e. The van der Waals surface area contributed by atoms with Crippen LogP contribution >= 0.6 is 0 Å². The number of cyclic esters (lactones) is 1. The van der Waals surface area contributed by atoms with Gasteiger partial charge in [-0.1, -0.05) is 59.8 Å². The van der Waals surface area contributed by atoms with Crippen LogP contribution in [0.15, 0.2) is 23.8 Å². The summed E-state index contributed by atoms with van der Waals surface area (Å²) in [7, 11) is -0.584. The second kappa shape index (κ2) is 8.83. The average Bonchev–Trinajstić information content (AvgIpc) is 2.97. The van der Waals surface area contributed by atoms with Gasteiger partial charge in [0, 0.05) is 29.4 Å². The highest BCUT2D eigenvalue weighted by molar-refractivity contribution is 6.74. The van der Waals surface area contributed by atoms with Crippen LogP contribution in [0.4, 0.5) is 0 Å². The summed E-state index contributed by atoms with van der Waals surface area (Å²) < 4.78 is 23.3. The Kier molecular flexibility index (Phi) is 7.35. The van der Waals surface area contributed by atoms with E-state index in [1.807, 2.05) is 26.8 Å². The van der Waals surface area contributed by atoms with E-state index < -0.39 is 32.1 Å². The maximum absolute atomic E-state index is 13.2. The number of carbonyl (C=O) groups is 2. The van der Waals surface area contributed by atoms with E-state index in [0.29, 0.717) is 18.6 Å².